The van der Waals surface area contributed by atoms with Crippen LogP contribution in [-0.4, -0.2) is 23.7 Å². The van der Waals surface area contributed by atoms with Crippen LogP contribution < -0.4 is 0 Å². The molecule has 0 aromatic rings. The molecule has 2 saturated carbocycles. The summed E-state index contributed by atoms with van der Waals surface area (Å²) in [6, 6.07) is 0. The van der Waals surface area contributed by atoms with Crippen molar-refractivity contribution < 1.29 is 19.4 Å². The molecule has 0 saturated heterocycles. The Labute approximate surface area is 127 Å². The minimum Gasteiger partial charge on any atom is -0.481 e. The van der Waals surface area contributed by atoms with Crippen LogP contribution in [0.3, 0.4) is 0 Å². The van der Waals surface area contributed by atoms with E-state index in [0.29, 0.717) is 30.1 Å². The van der Waals surface area contributed by atoms with Gasteiger partial charge >= 0.3 is 5.97 Å². The fourth-order valence-electron chi connectivity index (χ4n) is 4.28. The van der Waals surface area contributed by atoms with E-state index in [1.54, 1.807) is 0 Å². The Hall–Kier alpha value is -1.06. The molecular weight excluding hydrogens is 268 g/mol. The number of hydrogen-bond donors (Lipinski definition) is 1. The van der Waals surface area contributed by atoms with Crippen molar-refractivity contribution in [2.45, 2.75) is 64.9 Å². The molecule has 2 aliphatic rings. The van der Waals surface area contributed by atoms with Crippen molar-refractivity contribution in [1.29, 1.82) is 0 Å². The Kier molecular flexibility index (Phi) is 5.65. The van der Waals surface area contributed by atoms with Crippen LogP contribution in [0.4, 0.5) is 0 Å². The minimum atomic E-state index is -0.633. The molecule has 21 heavy (non-hydrogen) atoms. The first kappa shape index (κ1) is 16.3. The Morgan fingerprint density at radius 1 is 1.10 bits per heavy atom. The summed E-state index contributed by atoms with van der Waals surface area (Å²) in [6.45, 7) is 4.78. The summed E-state index contributed by atoms with van der Waals surface area (Å²) in [5.41, 5.74) is 0. The Morgan fingerprint density at radius 3 is 2.33 bits per heavy atom. The second-order valence-electron chi connectivity index (χ2n) is 7.26. The zero-order chi connectivity index (χ0) is 15.4. The number of carboxylic acids is 1. The number of ether oxygens (including phenoxy) is 1. The number of hydrogen-bond acceptors (Lipinski definition) is 3. The molecule has 0 aliphatic heterocycles. The van der Waals surface area contributed by atoms with Crippen molar-refractivity contribution >= 4 is 12.4 Å². The lowest BCUT2D eigenvalue weighted by molar-refractivity contribution is -0.146. The van der Waals surface area contributed by atoms with E-state index in [1.807, 2.05) is 0 Å². The second kappa shape index (κ2) is 7.28. The second-order valence-corrected chi connectivity index (χ2v) is 7.26. The Morgan fingerprint density at radius 2 is 1.71 bits per heavy atom. The summed E-state index contributed by atoms with van der Waals surface area (Å²) in [5.74, 6) is 1.05. The highest BCUT2D eigenvalue weighted by atomic mass is 16.5. The number of rotatable bonds is 5. The lowest BCUT2D eigenvalue weighted by Gasteiger charge is -2.37. The number of carboxylic acid groups (broad SMARTS) is 1. The smallest absolute Gasteiger partial charge is 0.306 e. The van der Waals surface area contributed by atoms with Gasteiger partial charge in [-0.1, -0.05) is 20.3 Å². The van der Waals surface area contributed by atoms with E-state index in [-0.39, 0.29) is 12.0 Å². The molecule has 2 fully saturated rings. The zero-order valence-corrected chi connectivity index (χ0v) is 13.2. The van der Waals surface area contributed by atoms with Crippen molar-refractivity contribution in [3.05, 3.63) is 0 Å². The SMILES string of the molecule is CC1CCC(CC2CCC(C)C(C(=O)O)C2)CC1OC=O. The van der Waals surface area contributed by atoms with Gasteiger partial charge in [0.15, 0.2) is 0 Å². The molecule has 120 valence electrons. The van der Waals surface area contributed by atoms with Gasteiger partial charge in [0.2, 0.25) is 0 Å². The van der Waals surface area contributed by atoms with Gasteiger partial charge in [0, 0.05) is 0 Å². The average Bonchev–Trinajstić information content (AvgIpc) is 2.44. The number of carbonyl (C=O) groups excluding carboxylic acids is 1. The molecule has 0 aromatic heterocycles. The third-order valence-corrected chi connectivity index (χ3v) is 5.75. The molecule has 0 amide bonds. The van der Waals surface area contributed by atoms with Crippen molar-refractivity contribution in [2.24, 2.45) is 29.6 Å². The Bertz CT molecular complexity index is 368. The lowest BCUT2D eigenvalue weighted by atomic mass is 9.69. The standard InChI is InChI=1S/C17H28O4/c1-11-3-5-13(8-15(11)17(19)20)7-14-6-4-12(2)16(9-14)21-10-18/h10-16H,3-9H2,1-2H3,(H,19,20). The van der Waals surface area contributed by atoms with Gasteiger partial charge in [-0.25, -0.2) is 0 Å². The van der Waals surface area contributed by atoms with Gasteiger partial charge in [0.05, 0.1) is 5.92 Å². The molecule has 0 bridgehead atoms. The number of aliphatic carboxylic acids is 1. The topological polar surface area (TPSA) is 63.6 Å². The summed E-state index contributed by atoms with van der Waals surface area (Å²) in [4.78, 5) is 21.9. The molecular formula is C17H28O4. The first-order chi connectivity index (χ1) is 10.0. The molecule has 0 aromatic carbocycles. The first-order valence-electron chi connectivity index (χ1n) is 8.33. The third kappa shape index (κ3) is 4.21. The highest BCUT2D eigenvalue weighted by molar-refractivity contribution is 5.70. The van der Waals surface area contributed by atoms with Crippen LogP contribution in [0.1, 0.15) is 58.8 Å². The maximum atomic E-state index is 11.3. The lowest BCUT2D eigenvalue weighted by Crippen LogP contribution is -2.33. The van der Waals surface area contributed by atoms with Crippen LogP contribution in [0.15, 0.2) is 0 Å². The molecule has 6 atom stereocenters. The minimum absolute atomic E-state index is 0.0547. The molecule has 2 aliphatic carbocycles. The molecule has 0 radical (unpaired) electrons. The van der Waals surface area contributed by atoms with Gasteiger partial charge in [0.25, 0.3) is 6.47 Å². The molecule has 4 heteroatoms. The fraction of sp³-hybridized carbons (Fsp3) is 0.882. The van der Waals surface area contributed by atoms with E-state index in [0.717, 1.165) is 38.5 Å². The summed E-state index contributed by atoms with van der Waals surface area (Å²) in [6.07, 6.45) is 7.39. The highest BCUT2D eigenvalue weighted by Gasteiger charge is 2.35. The maximum Gasteiger partial charge on any atom is 0.306 e. The van der Waals surface area contributed by atoms with Gasteiger partial charge in [-0.3, -0.25) is 9.59 Å². The van der Waals surface area contributed by atoms with Crippen LogP contribution in [0.5, 0.6) is 0 Å². The van der Waals surface area contributed by atoms with E-state index < -0.39 is 5.97 Å². The summed E-state index contributed by atoms with van der Waals surface area (Å²) in [7, 11) is 0. The molecule has 0 heterocycles. The largest absolute Gasteiger partial charge is 0.481 e. The van der Waals surface area contributed by atoms with Crippen LogP contribution in [0.2, 0.25) is 0 Å². The van der Waals surface area contributed by atoms with Gasteiger partial charge in [-0.15, -0.1) is 0 Å². The monoisotopic (exact) mass is 296 g/mol. The molecule has 2 rings (SSSR count). The van der Waals surface area contributed by atoms with Crippen LogP contribution >= 0.6 is 0 Å². The van der Waals surface area contributed by atoms with Gasteiger partial charge in [-0.05, 0) is 62.2 Å². The third-order valence-electron chi connectivity index (χ3n) is 5.75. The van der Waals surface area contributed by atoms with Crippen molar-refractivity contribution in [1.82, 2.24) is 0 Å². The van der Waals surface area contributed by atoms with Crippen molar-refractivity contribution in [3.8, 4) is 0 Å². The van der Waals surface area contributed by atoms with E-state index in [4.69, 9.17) is 4.74 Å². The van der Waals surface area contributed by atoms with Gasteiger partial charge in [0.1, 0.15) is 6.10 Å². The van der Waals surface area contributed by atoms with Crippen molar-refractivity contribution in [2.75, 3.05) is 0 Å². The van der Waals surface area contributed by atoms with E-state index in [2.05, 4.69) is 13.8 Å². The van der Waals surface area contributed by atoms with Crippen LogP contribution in [0.25, 0.3) is 0 Å². The summed E-state index contributed by atoms with van der Waals surface area (Å²) < 4.78 is 5.22. The average molecular weight is 296 g/mol. The maximum absolute atomic E-state index is 11.3. The molecule has 6 unspecified atom stereocenters. The van der Waals surface area contributed by atoms with Crippen molar-refractivity contribution in [3.63, 3.8) is 0 Å². The normalized spacial score (nSPS) is 40.5. The van der Waals surface area contributed by atoms with E-state index >= 15 is 0 Å². The van der Waals surface area contributed by atoms with Gasteiger partial charge < -0.3 is 9.84 Å². The predicted octanol–water partition coefficient (Wildman–Crippen LogP) is 3.49. The quantitative estimate of drug-likeness (QED) is 0.789. The molecule has 4 nitrogen and oxygen atoms in total. The molecule has 1 N–H and O–H groups in total. The predicted molar refractivity (Wildman–Crippen MR) is 79.7 cm³/mol. The number of carbonyl (C=O) groups is 2. The summed E-state index contributed by atoms with van der Waals surface area (Å²) in [5, 5.41) is 9.32. The van der Waals surface area contributed by atoms with E-state index in [1.165, 1.54) is 6.42 Å². The Balaban J connectivity index is 1.86. The van der Waals surface area contributed by atoms with E-state index in [9.17, 15) is 14.7 Å². The van der Waals surface area contributed by atoms with Crippen LogP contribution in [0, 0.1) is 29.6 Å². The summed E-state index contributed by atoms with van der Waals surface area (Å²) >= 11 is 0. The first-order valence-corrected chi connectivity index (χ1v) is 8.33. The molecule has 0 spiro atoms. The fourth-order valence-corrected chi connectivity index (χ4v) is 4.28. The highest BCUT2D eigenvalue weighted by Crippen LogP contribution is 2.41. The zero-order valence-electron chi connectivity index (χ0n) is 13.2. The van der Waals surface area contributed by atoms with Gasteiger partial charge in [-0.2, -0.15) is 0 Å². The van der Waals surface area contributed by atoms with Crippen LogP contribution in [-0.2, 0) is 14.3 Å².